The van der Waals surface area contributed by atoms with Gasteiger partial charge in [0.05, 0.1) is 18.7 Å². The lowest BCUT2D eigenvalue weighted by atomic mass is 10.2. The van der Waals surface area contributed by atoms with E-state index in [0.717, 1.165) is 37.9 Å². The molecule has 2 fully saturated rings. The van der Waals surface area contributed by atoms with E-state index in [2.05, 4.69) is 32.0 Å². The van der Waals surface area contributed by atoms with Crippen LogP contribution in [0.25, 0.3) is 0 Å². The average molecular weight is 346 g/mol. The summed E-state index contributed by atoms with van der Waals surface area (Å²) in [6.07, 6.45) is 5.59. The van der Waals surface area contributed by atoms with E-state index in [9.17, 15) is 5.11 Å². The zero-order valence-electron chi connectivity index (χ0n) is 14.7. The molecule has 1 aliphatic carbocycles. The predicted octanol–water partition coefficient (Wildman–Crippen LogP) is 0.883. The molecule has 2 aromatic rings. The van der Waals surface area contributed by atoms with E-state index in [0.29, 0.717) is 19.0 Å². The first kappa shape index (κ1) is 16.7. The number of rotatable bonds is 7. The minimum Gasteiger partial charge on any atom is -0.390 e. The lowest BCUT2D eigenvalue weighted by Crippen LogP contribution is -2.49. The second kappa shape index (κ2) is 7.23. The first-order valence-corrected chi connectivity index (χ1v) is 9.14. The highest BCUT2D eigenvalue weighted by Crippen LogP contribution is 2.38. The zero-order chi connectivity index (χ0) is 17.2. The van der Waals surface area contributed by atoms with Gasteiger partial charge in [-0.05, 0) is 25.8 Å². The average Bonchev–Trinajstić information content (AvgIpc) is 3.13. The van der Waals surface area contributed by atoms with Crippen molar-refractivity contribution in [2.75, 3.05) is 32.7 Å². The molecule has 1 saturated heterocycles. The van der Waals surface area contributed by atoms with Gasteiger partial charge in [-0.1, -0.05) is 5.16 Å². The molecule has 0 aromatic carbocycles. The molecule has 0 spiro atoms. The van der Waals surface area contributed by atoms with Gasteiger partial charge in [0.1, 0.15) is 0 Å². The van der Waals surface area contributed by atoms with Crippen LogP contribution in [0.1, 0.15) is 43.4 Å². The Labute approximate surface area is 147 Å². The predicted molar refractivity (Wildman–Crippen MR) is 90.9 cm³/mol. The van der Waals surface area contributed by atoms with Crippen molar-refractivity contribution < 1.29 is 9.63 Å². The number of hydrogen-bond acceptors (Lipinski definition) is 7. The van der Waals surface area contributed by atoms with Gasteiger partial charge < -0.3 is 9.63 Å². The van der Waals surface area contributed by atoms with Gasteiger partial charge in [-0.15, -0.1) is 0 Å². The molecule has 136 valence electrons. The minimum absolute atomic E-state index is 0.149. The summed E-state index contributed by atoms with van der Waals surface area (Å²) in [5, 5.41) is 18.5. The number of β-amino-alcohol motifs (C(OH)–C–C–N with tert-alkyl or cyclic N) is 1. The number of nitrogens with zero attached hydrogens (tertiary/aromatic N) is 6. The molecule has 3 heterocycles. The maximum absolute atomic E-state index is 10.2. The molecule has 2 atom stereocenters. The maximum Gasteiger partial charge on any atom is 0.243 e. The summed E-state index contributed by atoms with van der Waals surface area (Å²) in [5.41, 5.74) is 0. The van der Waals surface area contributed by atoms with Crippen molar-refractivity contribution in [2.24, 2.45) is 0 Å². The highest BCUT2D eigenvalue weighted by Gasteiger charge is 2.31. The van der Waals surface area contributed by atoms with Gasteiger partial charge in [-0.25, -0.2) is 0 Å². The Balaban J connectivity index is 1.24. The van der Waals surface area contributed by atoms with Gasteiger partial charge in [-0.2, -0.15) is 10.1 Å². The minimum atomic E-state index is -0.402. The topological polar surface area (TPSA) is 83.5 Å². The van der Waals surface area contributed by atoms with Crippen molar-refractivity contribution in [1.82, 2.24) is 29.7 Å². The number of hydrogen-bond donors (Lipinski definition) is 1. The molecule has 2 aromatic heterocycles. The quantitative estimate of drug-likeness (QED) is 0.797. The first-order chi connectivity index (χ1) is 12.2. The molecule has 2 aliphatic rings. The van der Waals surface area contributed by atoms with E-state index in [1.807, 2.05) is 12.3 Å². The van der Waals surface area contributed by atoms with Crippen LogP contribution in [0.15, 0.2) is 23.0 Å². The van der Waals surface area contributed by atoms with Crippen molar-refractivity contribution in [3.63, 3.8) is 0 Å². The van der Waals surface area contributed by atoms with Crippen molar-refractivity contribution in [1.29, 1.82) is 0 Å². The van der Waals surface area contributed by atoms with E-state index in [1.165, 1.54) is 12.8 Å². The van der Waals surface area contributed by atoms with Crippen LogP contribution in [-0.4, -0.2) is 73.7 Å². The highest BCUT2D eigenvalue weighted by atomic mass is 16.5. The monoisotopic (exact) mass is 346 g/mol. The smallest absolute Gasteiger partial charge is 0.243 e. The Morgan fingerprint density at radius 3 is 2.72 bits per heavy atom. The summed E-state index contributed by atoms with van der Waals surface area (Å²) in [6, 6.07) is 2.02. The van der Waals surface area contributed by atoms with E-state index >= 15 is 0 Å². The van der Waals surface area contributed by atoms with E-state index < -0.39 is 6.10 Å². The summed E-state index contributed by atoms with van der Waals surface area (Å²) in [6.45, 7) is 7.10. The van der Waals surface area contributed by atoms with E-state index in [-0.39, 0.29) is 6.04 Å². The van der Waals surface area contributed by atoms with Crippen molar-refractivity contribution >= 4 is 0 Å². The summed E-state index contributed by atoms with van der Waals surface area (Å²) in [5.74, 6) is 2.13. The van der Waals surface area contributed by atoms with Gasteiger partial charge in [0, 0.05) is 51.0 Å². The Morgan fingerprint density at radius 2 is 2.04 bits per heavy atom. The Kier molecular flexibility index (Phi) is 4.82. The summed E-state index contributed by atoms with van der Waals surface area (Å²) < 4.78 is 7.24. The van der Waals surface area contributed by atoms with Crippen molar-refractivity contribution in [3.05, 3.63) is 30.2 Å². The molecule has 0 amide bonds. The van der Waals surface area contributed by atoms with Crippen molar-refractivity contribution in [3.8, 4) is 0 Å². The third-order valence-electron chi connectivity index (χ3n) is 5.14. The number of piperazine rings is 1. The lowest BCUT2D eigenvalue weighted by Gasteiger charge is -2.37. The molecule has 25 heavy (non-hydrogen) atoms. The molecule has 1 aliphatic heterocycles. The molecule has 0 bridgehead atoms. The Bertz CT molecular complexity index is 660. The second-order valence-electron chi connectivity index (χ2n) is 7.16. The third-order valence-corrected chi connectivity index (χ3v) is 5.14. The molecule has 8 nitrogen and oxygen atoms in total. The van der Waals surface area contributed by atoms with Crippen LogP contribution in [-0.2, 0) is 6.54 Å². The van der Waals surface area contributed by atoms with Gasteiger partial charge in [0.25, 0.3) is 0 Å². The summed E-state index contributed by atoms with van der Waals surface area (Å²) >= 11 is 0. The lowest BCUT2D eigenvalue weighted by molar-refractivity contribution is 0.0459. The van der Waals surface area contributed by atoms with Gasteiger partial charge in [0.2, 0.25) is 5.89 Å². The molecule has 0 radical (unpaired) electrons. The van der Waals surface area contributed by atoms with Crippen LogP contribution >= 0.6 is 0 Å². The fourth-order valence-electron chi connectivity index (χ4n) is 3.39. The van der Waals surface area contributed by atoms with Crippen LogP contribution < -0.4 is 0 Å². The van der Waals surface area contributed by atoms with Crippen LogP contribution in [0.5, 0.6) is 0 Å². The first-order valence-electron chi connectivity index (χ1n) is 9.14. The fourth-order valence-corrected chi connectivity index (χ4v) is 3.39. The molecule has 4 rings (SSSR count). The number of aromatic nitrogens is 4. The largest absolute Gasteiger partial charge is 0.390 e. The maximum atomic E-state index is 10.2. The van der Waals surface area contributed by atoms with Gasteiger partial charge in [-0.3, -0.25) is 14.5 Å². The molecule has 1 saturated carbocycles. The summed E-state index contributed by atoms with van der Waals surface area (Å²) in [7, 11) is 0. The standard InChI is InChI=1S/C17H26N6O2/c1-13(17-19-16(20-25-17)14-3-4-14)22-9-7-21(8-10-22)11-15(24)12-23-6-2-5-18-23/h2,5-6,13-15,24H,3-4,7-12H2,1H3/t13-,15-/m0/s1. The van der Waals surface area contributed by atoms with Crippen LogP contribution in [0.4, 0.5) is 0 Å². The highest BCUT2D eigenvalue weighted by molar-refractivity contribution is 5.04. The molecular weight excluding hydrogens is 320 g/mol. The molecule has 8 heteroatoms. The Hall–Kier alpha value is -1.77. The molecule has 0 unspecified atom stereocenters. The van der Waals surface area contributed by atoms with Crippen LogP contribution in [0.3, 0.4) is 0 Å². The van der Waals surface area contributed by atoms with Crippen LogP contribution in [0.2, 0.25) is 0 Å². The normalized spacial score (nSPS) is 22.2. The molecule has 1 N–H and O–H groups in total. The van der Waals surface area contributed by atoms with E-state index in [4.69, 9.17) is 4.52 Å². The van der Waals surface area contributed by atoms with Crippen molar-refractivity contribution in [2.45, 2.75) is 44.4 Å². The summed E-state index contributed by atoms with van der Waals surface area (Å²) in [4.78, 5) is 9.26. The number of aliphatic hydroxyl groups excluding tert-OH is 1. The zero-order valence-corrected chi connectivity index (χ0v) is 14.7. The van der Waals surface area contributed by atoms with Gasteiger partial charge in [0.15, 0.2) is 5.82 Å². The Morgan fingerprint density at radius 1 is 1.24 bits per heavy atom. The SMILES string of the molecule is C[C@@H](c1nc(C2CC2)no1)N1CCN(C[C@H](O)Cn2cccn2)CC1. The fraction of sp³-hybridized carbons (Fsp3) is 0.706. The van der Waals surface area contributed by atoms with Gasteiger partial charge >= 0.3 is 0 Å². The second-order valence-corrected chi connectivity index (χ2v) is 7.16. The molecular formula is C17H26N6O2. The van der Waals surface area contributed by atoms with Crippen LogP contribution in [0, 0.1) is 0 Å². The number of aliphatic hydroxyl groups is 1. The van der Waals surface area contributed by atoms with E-state index in [1.54, 1.807) is 10.9 Å². The third kappa shape index (κ3) is 4.08.